The van der Waals surface area contributed by atoms with Crippen molar-refractivity contribution in [2.75, 3.05) is 6.61 Å². The van der Waals surface area contributed by atoms with E-state index in [9.17, 15) is 19.7 Å². The van der Waals surface area contributed by atoms with Crippen LogP contribution in [0, 0.1) is 10.1 Å². The number of nitrogens with zero attached hydrogens (tertiary/aromatic N) is 3. The fraction of sp³-hybridized carbons (Fsp3) is 0.316. The highest BCUT2D eigenvalue weighted by molar-refractivity contribution is 7.07. The number of esters is 1. The van der Waals surface area contributed by atoms with E-state index in [-0.39, 0.29) is 23.4 Å². The third kappa shape index (κ3) is 3.29. The van der Waals surface area contributed by atoms with Crippen molar-refractivity contribution in [3.05, 3.63) is 65.2 Å². The molecule has 0 fully saturated rings. The Labute approximate surface area is 164 Å². The Kier molecular flexibility index (Phi) is 5.28. The Bertz CT molecular complexity index is 1170. The first-order valence-electron chi connectivity index (χ1n) is 8.66. The van der Waals surface area contributed by atoms with Gasteiger partial charge >= 0.3 is 5.97 Å². The van der Waals surface area contributed by atoms with Crippen molar-refractivity contribution in [3.8, 4) is 0 Å². The quantitative estimate of drug-likeness (QED) is 0.444. The highest BCUT2D eigenvalue weighted by atomic mass is 32.1. The molecule has 9 heteroatoms. The van der Waals surface area contributed by atoms with Crippen LogP contribution in [0.3, 0.4) is 0 Å². The minimum Gasteiger partial charge on any atom is -0.463 e. The van der Waals surface area contributed by atoms with Crippen LogP contribution in [-0.2, 0) is 9.53 Å². The van der Waals surface area contributed by atoms with Gasteiger partial charge in [-0.15, -0.1) is 0 Å². The molecule has 0 bridgehead atoms. The first kappa shape index (κ1) is 19.7. The van der Waals surface area contributed by atoms with E-state index in [2.05, 4.69) is 4.99 Å². The minimum atomic E-state index is -0.706. The van der Waals surface area contributed by atoms with Crippen molar-refractivity contribution in [1.29, 1.82) is 0 Å². The summed E-state index contributed by atoms with van der Waals surface area (Å²) >= 11 is 1.26. The molecule has 0 N–H and O–H groups in total. The predicted molar refractivity (Wildman–Crippen MR) is 105 cm³/mol. The largest absolute Gasteiger partial charge is 0.463 e. The molecule has 0 saturated heterocycles. The van der Waals surface area contributed by atoms with Gasteiger partial charge in [-0.1, -0.05) is 16.9 Å². The summed E-state index contributed by atoms with van der Waals surface area (Å²) < 4.78 is 7.20. The molecule has 1 aliphatic heterocycles. The number of carbonyl (C=O) groups is 1. The van der Waals surface area contributed by atoms with Gasteiger partial charge in [0.1, 0.15) is 6.04 Å². The summed E-state index contributed by atoms with van der Waals surface area (Å²) in [4.78, 5) is 41.0. The van der Waals surface area contributed by atoms with Gasteiger partial charge < -0.3 is 4.74 Å². The third-order valence-electron chi connectivity index (χ3n) is 4.39. The smallest absolute Gasteiger partial charge is 0.338 e. The summed E-state index contributed by atoms with van der Waals surface area (Å²) in [6, 6.07) is 5.17. The third-order valence-corrected chi connectivity index (χ3v) is 5.65. The SMILES string of the molecule is CCOC(=O)C1=C(C)n2c(sc(=C(C)C)c2=O)=N[C@@H]1c1ccc([N+](=O)[O-])cc1. The van der Waals surface area contributed by atoms with Crippen LogP contribution >= 0.6 is 11.3 Å². The van der Waals surface area contributed by atoms with Crippen molar-refractivity contribution >= 4 is 34.3 Å². The summed E-state index contributed by atoms with van der Waals surface area (Å²) in [6.07, 6.45) is 0. The number of aromatic nitrogens is 1. The van der Waals surface area contributed by atoms with E-state index in [1.807, 2.05) is 13.8 Å². The zero-order chi connectivity index (χ0) is 20.6. The molecule has 0 radical (unpaired) electrons. The van der Waals surface area contributed by atoms with Crippen molar-refractivity contribution in [3.63, 3.8) is 0 Å². The second kappa shape index (κ2) is 7.51. The molecule has 0 amide bonds. The highest BCUT2D eigenvalue weighted by Gasteiger charge is 2.31. The zero-order valence-electron chi connectivity index (χ0n) is 15.9. The van der Waals surface area contributed by atoms with E-state index in [1.165, 1.54) is 28.0 Å². The maximum Gasteiger partial charge on any atom is 0.338 e. The molecular weight excluding hydrogens is 382 g/mol. The number of fused-ring (bicyclic) bond motifs is 1. The lowest BCUT2D eigenvalue weighted by molar-refractivity contribution is -0.384. The second-order valence-corrected chi connectivity index (χ2v) is 7.43. The van der Waals surface area contributed by atoms with Crippen molar-refractivity contribution in [2.45, 2.75) is 33.7 Å². The zero-order valence-corrected chi connectivity index (χ0v) is 16.7. The summed E-state index contributed by atoms with van der Waals surface area (Å²) in [7, 11) is 0. The van der Waals surface area contributed by atoms with Crippen molar-refractivity contribution in [1.82, 2.24) is 4.57 Å². The fourth-order valence-electron chi connectivity index (χ4n) is 3.05. The molecular formula is C19H19N3O5S. The van der Waals surface area contributed by atoms with E-state index in [1.54, 1.807) is 26.0 Å². The van der Waals surface area contributed by atoms with Gasteiger partial charge in [0.25, 0.3) is 11.2 Å². The van der Waals surface area contributed by atoms with Crippen LogP contribution in [0.2, 0.25) is 0 Å². The summed E-state index contributed by atoms with van der Waals surface area (Å²) in [5.74, 6) is -0.561. The molecule has 1 atom stereocenters. The predicted octanol–water partition coefficient (Wildman–Crippen LogP) is 2.18. The molecule has 28 heavy (non-hydrogen) atoms. The van der Waals surface area contributed by atoms with E-state index in [0.717, 1.165) is 5.57 Å². The average molecular weight is 401 g/mol. The number of hydrogen-bond donors (Lipinski definition) is 0. The molecule has 1 aromatic heterocycles. The highest BCUT2D eigenvalue weighted by Crippen LogP contribution is 2.33. The standard InChI is InChI=1S/C19H19N3O5S/c1-5-27-18(24)14-11(4)21-17(23)16(10(2)3)28-19(21)20-15(14)12-6-8-13(9-7-12)22(25)26/h6-9,15H,5H2,1-4H3/t15-/m1/s1. The number of ether oxygens (including phenoxy) is 1. The van der Waals surface area contributed by atoms with Crippen molar-refractivity contribution < 1.29 is 14.5 Å². The van der Waals surface area contributed by atoms with E-state index in [0.29, 0.717) is 20.6 Å². The number of rotatable bonds is 4. The van der Waals surface area contributed by atoms with Gasteiger partial charge in [-0.25, -0.2) is 9.79 Å². The fourth-order valence-corrected chi connectivity index (χ4v) is 4.08. The monoisotopic (exact) mass is 401 g/mol. The normalized spacial score (nSPS) is 15.6. The maximum absolute atomic E-state index is 12.8. The Morgan fingerprint density at radius 2 is 1.96 bits per heavy atom. The molecule has 0 saturated carbocycles. The molecule has 3 rings (SSSR count). The second-order valence-electron chi connectivity index (χ2n) is 6.45. The number of thiazole rings is 1. The number of allylic oxidation sites excluding steroid dienone is 1. The number of hydrogen-bond acceptors (Lipinski definition) is 7. The number of nitro groups is 1. The first-order valence-corrected chi connectivity index (χ1v) is 9.47. The molecule has 146 valence electrons. The summed E-state index contributed by atoms with van der Waals surface area (Å²) in [5, 5.41) is 10.9. The van der Waals surface area contributed by atoms with Gasteiger partial charge in [0, 0.05) is 17.8 Å². The minimum absolute atomic E-state index is 0.0514. The van der Waals surface area contributed by atoms with Crippen LogP contribution in [0.5, 0.6) is 0 Å². The lowest BCUT2D eigenvalue weighted by Gasteiger charge is -2.22. The lowest BCUT2D eigenvalue weighted by atomic mass is 9.96. The van der Waals surface area contributed by atoms with Gasteiger partial charge in [0.15, 0.2) is 4.80 Å². The number of nitro benzene ring substituents is 1. The van der Waals surface area contributed by atoms with E-state index in [4.69, 9.17) is 4.74 Å². The molecule has 8 nitrogen and oxygen atoms in total. The number of non-ortho nitro benzene ring substituents is 1. The molecule has 1 aromatic carbocycles. The molecule has 2 aromatic rings. The Balaban J connectivity index is 2.28. The average Bonchev–Trinajstić information content (AvgIpc) is 2.99. The summed E-state index contributed by atoms with van der Waals surface area (Å²) in [6.45, 7) is 7.26. The van der Waals surface area contributed by atoms with E-state index >= 15 is 0 Å². The van der Waals surface area contributed by atoms with E-state index < -0.39 is 16.9 Å². The molecule has 1 aliphatic rings. The Morgan fingerprint density at radius 3 is 2.50 bits per heavy atom. The van der Waals surface area contributed by atoms with Gasteiger partial charge in [-0.2, -0.15) is 0 Å². The molecule has 0 unspecified atom stereocenters. The number of benzene rings is 1. The van der Waals surface area contributed by atoms with Crippen LogP contribution in [0.25, 0.3) is 11.3 Å². The van der Waals surface area contributed by atoms with Crippen LogP contribution in [0.4, 0.5) is 5.69 Å². The Morgan fingerprint density at radius 1 is 1.32 bits per heavy atom. The molecule has 2 heterocycles. The van der Waals surface area contributed by atoms with Crippen LogP contribution in [-0.4, -0.2) is 22.1 Å². The number of carbonyl (C=O) groups excluding carboxylic acids is 1. The molecule has 0 aliphatic carbocycles. The molecule has 0 spiro atoms. The van der Waals surface area contributed by atoms with Crippen LogP contribution in [0.15, 0.2) is 39.6 Å². The first-order chi connectivity index (χ1) is 13.3. The van der Waals surface area contributed by atoms with Crippen LogP contribution < -0.4 is 14.9 Å². The topological polar surface area (TPSA) is 104 Å². The summed E-state index contributed by atoms with van der Waals surface area (Å²) in [5.41, 5.74) is 1.92. The maximum atomic E-state index is 12.8. The van der Waals surface area contributed by atoms with Gasteiger partial charge in [0.2, 0.25) is 0 Å². The van der Waals surface area contributed by atoms with Crippen LogP contribution in [0.1, 0.15) is 39.3 Å². The van der Waals surface area contributed by atoms with Gasteiger partial charge in [0.05, 0.1) is 21.6 Å². The Hall–Kier alpha value is -3.07. The van der Waals surface area contributed by atoms with Gasteiger partial charge in [-0.3, -0.25) is 19.5 Å². The van der Waals surface area contributed by atoms with Crippen molar-refractivity contribution in [2.24, 2.45) is 4.99 Å². The lowest BCUT2D eigenvalue weighted by Crippen LogP contribution is -2.35. The van der Waals surface area contributed by atoms with Gasteiger partial charge in [-0.05, 0) is 45.4 Å².